The number of furan rings is 1. The molecule has 1 atom stereocenters. The van der Waals surface area contributed by atoms with Crippen LogP contribution in [0.25, 0.3) is 11.0 Å². The van der Waals surface area contributed by atoms with Crippen molar-refractivity contribution in [2.75, 3.05) is 32.8 Å². The number of fused-ring (bicyclic) bond motifs is 1. The van der Waals surface area contributed by atoms with Gasteiger partial charge >= 0.3 is 0 Å². The Hall–Kier alpha value is -1.36. The van der Waals surface area contributed by atoms with Crippen LogP contribution >= 0.6 is 0 Å². The van der Waals surface area contributed by atoms with Gasteiger partial charge in [0.2, 0.25) is 0 Å². The normalized spacial score (nSPS) is 18.2. The summed E-state index contributed by atoms with van der Waals surface area (Å²) in [5.41, 5.74) is 2.24. The predicted octanol–water partition coefficient (Wildman–Crippen LogP) is 2.55. The third-order valence-corrected chi connectivity index (χ3v) is 3.98. The molecular formula is C17H24N2O2. The Morgan fingerprint density at radius 2 is 2.05 bits per heavy atom. The van der Waals surface area contributed by atoms with Crippen LogP contribution in [-0.2, 0) is 11.3 Å². The molecule has 1 aliphatic rings. The lowest BCUT2D eigenvalue weighted by Crippen LogP contribution is -2.44. The third-order valence-electron chi connectivity index (χ3n) is 3.98. The molecule has 2 heterocycles. The number of morpholine rings is 1. The van der Waals surface area contributed by atoms with E-state index in [1.807, 2.05) is 6.07 Å². The van der Waals surface area contributed by atoms with Gasteiger partial charge in [0.15, 0.2) is 0 Å². The van der Waals surface area contributed by atoms with Crippen LogP contribution in [0.5, 0.6) is 0 Å². The smallest absolute Gasteiger partial charge is 0.134 e. The number of nitrogens with zero attached hydrogens (tertiary/aromatic N) is 1. The van der Waals surface area contributed by atoms with E-state index < -0.39 is 0 Å². The molecule has 4 nitrogen and oxygen atoms in total. The Morgan fingerprint density at radius 1 is 1.24 bits per heavy atom. The average Bonchev–Trinajstić information content (AvgIpc) is 2.88. The van der Waals surface area contributed by atoms with Gasteiger partial charge in [-0.3, -0.25) is 4.90 Å². The molecule has 21 heavy (non-hydrogen) atoms. The van der Waals surface area contributed by atoms with Crippen molar-refractivity contribution < 1.29 is 9.15 Å². The van der Waals surface area contributed by atoms with Gasteiger partial charge in [0.1, 0.15) is 11.3 Å². The summed E-state index contributed by atoms with van der Waals surface area (Å²) in [7, 11) is 0. The summed E-state index contributed by atoms with van der Waals surface area (Å²) in [5, 5.41) is 4.73. The number of benzene rings is 1. The first kappa shape index (κ1) is 14.6. The zero-order valence-corrected chi connectivity index (χ0v) is 12.9. The van der Waals surface area contributed by atoms with Gasteiger partial charge in [-0.15, -0.1) is 0 Å². The van der Waals surface area contributed by atoms with Crippen LogP contribution in [0.1, 0.15) is 18.2 Å². The van der Waals surface area contributed by atoms with Gasteiger partial charge in [0.05, 0.1) is 19.8 Å². The Bertz CT molecular complexity index is 587. The van der Waals surface area contributed by atoms with Crippen LogP contribution < -0.4 is 5.32 Å². The standard InChI is InChI=1S/C17H24N2O2/c1-13-3-4-17-15(9-13)10-16(21-17)11-18-14(2)12-19-5-7-20-8-6-19/h3-4,9-10,14,18H,5-8,11-12H2,1-2H3. The van der Waals surface area contributed by atoms with E-state index in [2.05, 4.69) is 42.3 Å². The van der Waals surface area contributed by atoms with Gasteiger partial charge < -0.3 is 14.5 Å². The molecule has 4 heteroatoms. The van der Waals surface area contributed by atoms with Gasteiger partial charge in [-0.05, 0) is 32.0 Å². The molecule has 1 aromatic heterocycles. The predicted molar refractivity (Wildman–Crippen MR) is 84.5 cm³/mol. The van der Waals surface area contributed by atoms with Crippen LogP contribution in [0.4, 0.5) is 0 Å². The summed E-state index contributed by atoms with van der Waals surface area (Å²) < 4.78 is 11.2. The first-order valence-corrected chi connectivity index (χ1v) is 7.73. The van der Waals surface area contributed by atoms with Crippen molar-refractivity contribution in [3.05, 3.63) is 35.6 Å². The summed E-state index contributed by atoms with van der Waals surface area (Å²) in [6, 6.07) is 8.88. The van der Waals surface area contributed by atoms with Gasteiger partial charge in [-0.2, -0.15) is 0 Å². The lowest BCUT2D eigenvalue weighted by molar-refractivity contribution is 0.0342. The molecule has 0 aliphatic carbocycles. The highest BCUT2D eigenvalue weighted by atomic mass is 16.5. The van der Waals surface area contributed by atoms with Crippen LogP contribution in [0.15, 0.2) is 28.7 Å². The molecule has 2 aromatic rings. The van der Waals surface area contributed by atoms with Crippen molar-refractivity contribution in [3.8, 4) is 0 Å². The molecule has 0 radical (unpaired) electrons. The van der Waals surface area contributed by atoms with Crippen LogP contribution in [0, 0.1) is 6.92 Å². The van der Waals surface area contributed by atoms with Gasteiger partial charge in [0, 0.05) is 31.1 Å². The number of nitrogens with one attached hydrogen (secondary N) is 1. The summed E-state index contributed by atoms with van der Waals surface area (Å²) in [6.07, 6.45) is 0. The highest BCUT2D eigenvalue weighted by Crippen LogP contribution is 2.20. The highest BCUT2D eigenvalue weighted by molar-refractivity contribution is 5.78. The SMILES string of the molecule is Cc1ccc2oc(CNC(C)CN3CCOCC3)cc2c1. The second-order valence-electron chi connectivity index (χ2n) is 5.95. The summed E-state index contributed by atoms with van der Waals surface area (Å²) in [6.45, 7) is 9.95. The van der Waals surface area contributed by atoms with E-state index >= 15 is 0 Å². The molecule has 1 N–H and O–H groups in total. The summed E-state index contributed by atoms with van der Waals surface area (Å²) in [4.78, 5) is 2.45. The Labute approximate surface area is 126 Å². The third kappa shape index (κ3) is 3.84. The molecule has 114 valence electrons. The minimum absolute atomic E-state index is 0.443. The molecule has 1 saturated heterocycles. The van der Waals surface area contributed by atoms with Crippen molar-refractivity contribution in [1.29, 1.82) is 0 Å². The lowest BCUT2D eigenvalue weighted by Gasteiger charge is -2.29. The first-order valence-electron chi connectivity index (χ1n) is 7.73. The van der Waals surface area contributed by atoms with E-state index in [4.69, 9.17) is 9.15 Å². The van der Waals surface area contributed by atoms with Crippen LogP contribution in [0.3, 0.4) is 0 Å². The molecule has 0 spiro atoms. The van der Waals surface area contributed by atoms with Crippen LogP contribution in [-0.4, -0.2) is 43.8 Å². The molecule has 1 unspecified atom stereocenters. The Kier molecular flexibility index (Phi) is 4.58. The van der Waals surface area contributed by atoms with Crippen molar-refractivity contribution in [2.45, 2.75) is 26.4 Å². The first-order chi connectivity index (χ1) is 10.2. The molecular weight excluding hydrogens is 264 g/mol. The summed E-state index contributed by atoms with van der Waals surface area (Å²) in [5.74, 6) is 1.00. The molecule has 1 aromatic carbocycles. The van der Waals surface area contributed by atoms with Gasteiger partial charge in [-0.25, -0.2) is 0 Å². The van der Waals surface area contributed by atoms with Crippen molar-refractivity contribution >= 4 is 11.0 Å². The maximum absolute atomic E-state index is 5.87. The van der Waals surface area contributed by atoms with E-state index in [9.17, 15) is 0 Å². The molecule has 1 fully saturated rings. The van der Waals surface area contributed by atoms with E-state index in [1.165, 1.54) is 10.9 Å². The molecule has 1 aliphatic heterocycles. The number of ether oxygens (including phenoxy) is 1. The number of aryl methyl sites for hydroxylation is 1. The van der Waals surface area contributed by atoms with Crippen LogP contribution in [0.2, 0.25) is 0 Å². The fourth-order valence-electron chi connectivity index (χ4n) is 2.82. The largest absolute Gasteiger partial charge is 0.460 e. The van der Waals surface area contributed by atoms with E-state index in [0.29, 0.717) is 6.04 Å². The van der Waals surface area contributed by atoms with E-state index in [-0.39, 0.29) is 0 Å². The molecule has 3 rings (SSSR count). The Balaban J connectivity index is 1.53. The van der Waals surface area contributed by atoms with Crippen molar-refractivity contribution in [3.63, 3.8) is 0 Å². The zero-order chi connectivity index (χ0) is 14.7. The fourth-order valence-corrected chi connectivity index (χ4v) is 2.82. The topological polar surface area (TPSA) is 37.6 Å². The minimum Gasteiger partial charge on any atom is -0.460 e. The monoisotopic (exact) mass is 288 g/mol. The van der Waals surface area contributed by atoms with Crippen molar-refractivity contribution in [1.82, 2.24) is 10.2 Å². The molecule has 0 saturated carbocycles. The highest BCUT2D eigenvalue weighted by Gasteiger charge is 2.13. The zero-order valence-electron chi connectivity index (χ0n) is 12.9. The summed E-state index contributed by atoms with van der Waals surface area (Å²) >= 11 is 0. The average molecular weight is 288 g/mol. The second-order valence-corrected chi connectivity index (χ2v) is 5.95. The van der Waals surface area contributed by atoms with Crippen molar-refractivity contribution in [2.24, 2.45) is 0 Å². The van der Waals surface area contributed by atoms with E-state index in [1.54, 1.807) is 0 Å². The maximum Gasteiger partial charge on any atom is 0.134 e. The van der Waals surface area contributed by atoms with Gasteiger partial charge in [-0.1, -0.05) is 11.6 Å². The quantitative estimate of drug-likeness (QED) is 0.917. The number of rotatable bonds is 5. The maximum atomic E-state index is 5.87. The lowest BCUT2D eigenvalue weighted by atomic mass is 10.2. The van der Waals surface area contributed by atoms with E-state index in [0.717, 1.165) is 50.7 Å². The van der Waals surface area contributed by atoms with Gasteiger partial charge in [0.25, 0.3) is 0 Å². The minimum atomic E-state index is 0.443. The fraction of sp³-hybridized carbons (Fsp3) is 0.529. The number of hydrogen-bond donors (Lipinski definition) is 1. The number of hydrogen-bond acceptors (Lipinski definition) is 4. The second kappa shape index (κ2) is 6.60. The Morgan fingerprint density at radius 3 is 2.86 bits per heavy atom. The molecule has 0 amide bonds. The molecule has 0 bridgehead atoms.